The van der Waals surface area contributed by atoms with Crippen molar-refractivity contribution in [1.29, 1.82) is 0 Å². The number of alkyl halides is 1. The molecule has 0 radical (unpaired) electrons. The van der Waals surface area contributed by atoms with Gasteiger partial charge in [-0.05, 0) is 43.0 Å². The summed E-state index contributed by atoms with van der Waals surface area (Å²) in [5.41, 5.74) is 1.95. The van der Waals surface area contributed by atoms with Crippen LogP contribution in [0.25, 0.3) is 0 Å². The second-order valence-corrected chi connectivity index (χ2v) is 3.61. The van der Waals surface area contributed by atoms with Crippen molar-refractivity contribution in [2.24, 2.45) is 0 Å². The van der Waals surface area contributed by atoms with Crippen molar-refractivity contribution < 1.29 is 9.13 Å². The molecular weight excluding hydrogens is 203 g/mol. The maximum Gasteiger partial charge on any atom is 0.122 e. The SMILES string of the molecule is COc1cc(C)c(Cl)cc1CCCF. The van der Waals surface area contributed by atoms with E-state index in [9.17, 15) is 4.39 Å². The van der Waals surface area contributed by atoms with Crippen LogP contribution in [0.4, 0.5) is 4.39 Å². The number of hydrogen-bond donors (Lipinski definition) is 0. The summed E-state index contributed by atoms with van der Waals surface area (Å²) in [4.78, 5) is 0. The molecule has 0 heterocycles. The van der Waals surface area contributed by atoms with Crippen LogP contribution in [0.2, 0.25) is 5.02 Å². The molecule has 0 aliphatic carbocycles. The summed E-state index contributed by atoms with van der Waals surface area (Å²) in [5, 5.41) is 0.708. The molecule has 0 N–H and O–H groups in total. The van der Waals surface area contributed by atoms with Gasteiger partial charge in [0.1, 0.15) is 5.75 Å². The Morgan fingerprint density at radius 2 is 2.14 bits per heavy atom. The van der Waals surface area contributed by atoms with Crippen molar-refractivity contribution >= 4 is 11.6 Å². The second kappa shape index (κ2) is 5.20. The van der Waals surface area contributed by atoms with Gasteiger partial charge in [0.25, 0.3) is 0 Å². The lowest BCUT2D eigenvalue weighted by Gasteiger charge is -2.10. The Morgan fingerprint density at radius 1 is 1.43 bits per heavy atom. The molecule has 0 aromatic heterocycles. The molecule has 78 valence electrons. The summed E-state index contributed by atoms with van der Waals surface area (Å²) in [6.07, 6.45) is 1.18. The monoisotopic (exact) mass is 216 g/mol. The standard InChI is InChI=1S/C11H14ClFO/c1-8-6-11(14-2)9(4-3-5-13)7-10(8)12/h6-7H,3-5H2,1-2H3. The average Bonchev–Trinajstić information content (AvgIpc) is 2.19. The summed E-state index contributed by atoms with van der Waals surface area (Å²) in [6.45, 7) is 1.61. The molecule has 0 bridgehead atoms. The third-order valence-corrected chi connectivity index (χ3v) is 2.55. The van der Waals surface area contributed by atoms with Crippen molar-refractivity contribution in [3.63, 3.8) is 0 Å². The van der Waals surface area contributed by atoms with E-state index in [0.717, 1.165) is 16.9 Å². The highest BCUT2D eigenvalue weighted by Crippen LogP contribution is 2.27. The number of rotatable bonds is 4. The summed E-state index contributed by atoms with van der Waals surface area (Å²) < 4.78 is 17.2. The number of aryl methyl sites for hydroxylation is 2. The van der Waals surface area contributed by atoms with Crippen LogP contribution in [-0.4, -0.2) is 13.8 Å². The lowest BCUT2D eigenvalue weighted by molar-refractivity contribution is 0.406. The van der Waals surface area contributed by atoms with Crippen LogP contribution < -0.4 is 4.74 Å². The fraction of sp³-hybridized carbons (Fsp3) is 0.455. The van der Waals surface area contributed by atoms with Crippen molar-refractivity contribution in [2.75, 3.05) is 13.8 Å². The molecule has 0 fully saturated rings. The molecule has 0 unspecified atom stereocenters. The average molecular weight is 217 g/mol. The summed E-state index contributed by atoms with van der Waals surface area (Å²) in [7, 11) is 1.61. The van der Waals surface area contributed by atoms with Gasteiger partial charge in [-0.15, -0.1) is 0 Å². The van der Waals surface area contributed by atoms with E-state index < -0.39 is 0 Å². The van der Waals surface area contributed by atoms with E-state index in [1.807, 2.05) is 19.1 Å². The van der Waals surface area contributed by atoms with E-state index in [2.05, 4.69) is 0 Å². The lowest BCUT2D eigenvalue weighted by Crippen LogP contribution is -1.94. The van der Waals surface area contributed by atoms with E-state index in [-0.39, 0.29) is 6.67 Å². The third kappa shape index (κ3) is 2.61. The molecule has 1 aromatic rings. The van der Waals surface area contributed by atoms with Gasteiger partial charge in [-0.3, -0.25) is 4.39 Å². The minimum Gasteiger partial charge on any atom is -0.496 e. The van der Waals surface area contributed by atoms with E-state index in [4.69, 9.17) is 16.3 Å². The fourth-order valence-corrected chi connectivity index (χ4v) is 1.53. The molecule has 0 aliphatic rings. The first-order chi connectivity index (χ1) is 6.69. The molecule has 0 spiro atoms. The molecular formula is C11H14ClFO. The van der Waals surface area contributed by atoms with Gasteiger partial charge in [-0.25, -0.2) is 0 Å². The van der Waals surface area contributed by atoms with Crippen LogP contribution in [0.1, 0.15) is 17.5 Å². The lowest BCUT2D eigenvalue weighted by atomic mass is 10.1. The van der Waals surface area contributed by atoms with Crippen LogP contribution in [0.3, 0.4) is 0 Å². The first-order valence-electron chi connectivity index (χ1n) is 4.58. The highest BCUT2D eigenvalue weighted by atomic mass is 35.5. The summed E-state index contributed by atoms with van der Waals surface area (Å²) in [5.74, 6) is 0.792. The van der Waals surface area contributed by atoms with Gasteiger partial charge >= 0.3 is 0 Å². The zero-order chi connectivity index (χ0) is 10.6. The molecule has 3 heteroatoms. The Balaban J connectivity index is 2.95. The van der Waals surface area contributed by atoms with Crippen molar-refractivity contribution in [3.05, 3.63) is 28.3 Å². The first-order valence-corrected chi connectivity index (χ1v) is 4.95. The molecule has 1 nitrogen and oxygen atoms in total. The zero-order valence-corrected chi connectivity index (χ0v) is 9.20. The molecule has 0 aliphatic heterocycles. The number of halogens is 2. The first kappa shape index (κ1) is 11.3. The maximum atomic E-state index is 12.0. The smallest absolute Gasteiger partial charge is 0.122 e. The Kier molecular flexibility index (Phi) is 4.21. The van der Waals surface area contributed by atoms with Gasteiger partial charge in [0.05, 0.1) is 13.8 Å². The largest absolute Gasteiger partial charge is 0.496 e. The molecule has 0 amide bonds. The van der Waals surface area contributed by atoms with Crippen molar-refractivity contribution in [1.82, 2.24) is 0 Å². The minimum atomic E-state index is -0.311. The highest BCUT2D eigenvalue weighted by molar-refractivity contribution is 6.31. The topological polar surface area (TPSA) is 9.23 Å². The van der Waals surface area contributed by atoms with Gasteiger partial charge in [0.15, 0.2) is 0 Å². The quantitative estimate of drug-likeness (QED) is 0.748. The number of hydrogen-bond acceptors (Lipinski definition) is 1. The van der Waals surface area contributed by atoms with Gasteiger partial charge in [-0.2, -0.15) is 0 Å². The molecule has 0 saturated heterocycles. The van der Waals surface area contributed by atoms with E-state index >= 15 is 0 Å². The van der Waals surface area contributed by atoms with Crippen LogP contribution in [0.15, 0.2) is 12.1 Å². The van der Waals surface area contributed by atoms with Crippen LogP contribution in [0.5, 0.6) is 5.75 Å². The van der Waals surface area contributed by atoms with Gasteiger partial charge in [0, 0.05) is 5.02 Å². The number of benzene rings is 1. The van der Waals surface area contributed by atoms with Gasteiger partial charge in [-0.1, -0.05) is 11.6 Å². The summed E-state index contributed by atoms with van der Waals surface area (Å²) >= 11 is 5.97. The Bertz CT molecular complexity index is 312. The molecule has 0 saturated carbocycles. The van der Waals surface area contributed by atoms with E-state index in [1.54, 1.807) is 7.11 Å². The third-order valence-electron chi connectivity index (χ3n) is 2.14. The predicted octanol–water partition coefficient (Wildman–Crippen LogP) is 3.56. The van der Waals surface area contributed by atoms with E-state index in [1.165, 1.54) is 0 Å². The molecule has 0 atom stereocenters. The van der Waals surface area contributed by atoms with Crippen LogP contribution in [0, 0.1) is 6.92 Å². The Morgan fingerprint density at radius 3 is 2.71 bits per heavy atom. The van der Waals surface area contributed by atoms with Gasteiger partial charge in [0.2, 0.25) is 0 Å². The highest BCUT2D eigenvalue weighted by Gasteiger charge is 2.06. The zero-order valence-electron chi connectivity index (χ0n) is 8.44. The normalized spacial score (nSPS) is 10.3. The second-order valence-electron chi connectivity index (χ2n) is 3.21. The van der Waals surface area contributed by atoms with Crippen LogP contribution in [-0.2, 0) is 6.42 Å². The number of ether oxygens (including phenoxy) is 1. The summed E-state index contributed by atoms with van der Waals surface area (Å²) in [6, 6.07) is 3.74. The Labute approximate surface area is 88.8 Å². The molecule has 1 rings (SSSR count). The number of methoxy groups -OCH3 is 1. The fourth-order valence-electron chi connectivity index (χ4n) is 1.34. The van der Waals surface area contributed by atoms with Crippen LogP contribution >= 0.6 is 11.6 Å². The predicted molar refractivity (Wildman–Crippen MR) is 57.0 cm³/mol. The minimum absolute atomic E-state index is 0.311. The molecule has 1 aromatic carbocycles. The van der Waals surface area contributed by atoms with Gasteiger partial charge < -0.3 is 4.74 Å². The molecule has 14 heavy (non-hydrogen) atoms. The van der Waals surface area contributed by atoms with Crippen molar-refractivity contribution in [3.8, 4) is 5.75 Å². The van der Waals surface area contributed by atoms with E-state index in [0.29, 0.717) is 17.9 Å². The maximum absolute atomic E-state index is 12.0. The van der Waals surface area contributed by atoms with Crippen molar-refractivity contribution in [2.45, 2.75) is 19.8 Å². The Hall–Kier alpha value is -0.760.